The largest absolute Gasteiger partial charge is 0.314 e. The van der Waals surface area contributed by atoms with Crippen LogP contribution in [0.1, 0.15) is 79.1 Å². The molecule has 0 bridgehead atoms. The Balaban J connectivity index is 2.00. The summed E-state index contributed by atoms with van der Waals surface area (Å²) in [5, 5.41) is 3.77. The molecule has 0 radical (unpaired) electrons. The van der Waals surface area contributed by atoms with Crippen LogP contribution in [0, 0.1) is 10.8 Å². The molecule has 1 N–H and O–H groups in total. The van der Waals surface area contributed by atoms with Gasteiger partial charge in [-0.25, -0.2) is 0 Å². The van der Waals surface area contributed by atoms with E-state index >= 15 is 0 Å². The van der Waals surface area contributed by atoms with Crippen molar-refractivity contribution in [2.75, 3.05) is 26.2 Å². The van der Waals surface area contributed by atoms with Crippen LogP contribution >= 0.6 is 0 Å². The molecule has 0 atom stereocenters. The number of nitrogens with one attached hydrogen (secondary N) is 1. The summed E-state index contributed by atoms with van der Waals surface area (Å²) in [6.45, 7) is 14.7. The van der Waals surface area contributed by atoms with E-state index in [4.69, 9.17) is 0 Å². The molecule has 0 amide bonds. The summed E-state index contributed by atoms with van der Waals surface area (Å²) in [5.41, 5.74) is 1.06. The van der Waals surface area contributed by atoms with Crippen LogP contribution in [-0.2, 0) is 0 Å². The molecule has 2 fully saturated rings. The van der Waals surface area contributed by atoms with E-state index in [-0.39, 0.29) is 0 Å². The summed E-state index contributed by atoms with van der Waals surface area (Å²) in [6.07, 6.45) is 11.5. The van der Waals surface area contributed by atoms with E-state index in [0.717, 1.165) is 0 Å². The van der Waals surface area contributed by atoms with Crippen molar-refractivity contribution in [3.8, 4) is 0 Å². The molecule has 0 aromatic carbocycles. The predicted molar refractivity (Wildman–Crippen MR) is 92.7 cm³/mol. The first-order chi connectivity index (χ1) is 9.91. The van der Waals surface area contributed by atoms with Gasteiger partial charge in [-0.3, -0.25) is 0 Å². The number of piperidine rings is 1. The highest BCUT2D eigenvalue weighted by Gasteiger charge is 2.35. The molecule has 0 spiro atoms. The molecule has 1 heterocycles. The van der Waals surface area contributed by atoms with Crippen molar-refractivity contribution in [1.29, 1.82) is 0 Å². The van der Waals surface area contributed by atoms with Crippen molar-refractivity contribution in [3.05, 3.63) is 0 Å². The first-order valence-corrected chi connectivity index (χ1v) is 9.37. The van der Waals surface area contributed by atoms with Crippen molar-refractivity contribution in [1.82, 2.24) is 10.2 Å². The van der Waals surface area contributed by atoms with Gasteiger partial charge in [-0.05, 0) is 43.1 Å². The zero-order chi connectivity index (χ0) is 15.3. The average Bonchev–Trinajstić information content (AvgIpc) is 2.61. The molecule has 1 saturated carbocycles. The first kappa shape index (κ1) is 17.3. The Labute approximate surface area is 133 Å². The van der Waals surface area contributed by atoms with Gasteiger partial charge in [0.25, 0.3) is 0 Å². The van der Waals surface area contributed by atoms with E-state index < -0.39 is 0 Å². The Morgan fingerprint density at radius 3 is 2.19 bits per heavy atom. The summed E-state index contributed by atoms with van der Waals surface area (Å²) < 4.78 is 0. The highest BCUT2D eigenvalue weighted by Crippen LogP contribution is 2.38. The second kappa shape index (κ2) is 7.46. The summed E-state index contributed by atoms with van der Waals surface area (Å²) in [5.74, 6) is 0. The van der Waals surface area contributed by atoms with Gasteiger partial charge in [-0.2, -0.15) is 0 Å². The third-order valence-electron chi connectivity index (χ3n) is 5.59. The van der Waals surface area contributed by atoms with Gasteiger partial charge in [0.1, 0.15) is 0 Å². The van der Waals surface area contributed by atoms with E-state index in [9.17, 15) is 0 Å². The molecule has 2 rings (SSSR count). The summed E-state index contributed by atoms with van der Waals surface area (Å²) in [7, 11) is 0. The standard InChI is InChI=1S/C19H38N2/c1-17(2)20-14-19(11-7-5-6-8-12-19)16-21-13-9-10-18(3,4)15-21/h17,20H,5-16H2,1-4H3. The second-order valence-electron chi connectivity index (χ2n) is 8.93. The third-order valence-corrected chi connectivity index (χ3v) is 5.59. The minimum atomic E-state index is 0.523. The molecule has 0 unspecified atom stereocenters. The van der Waals surface area contributed by atoms with Gasteiger partial charge < -0.3 is 10.2 Å². The maximum atomic E-state index is 3.77. The van der Waals surface area contributed by atoms with Crippen molar-refractivity contribution in [3.63, 3.8) is 0 Å². The van der Waals surface area contributed by atoms with E-state index in [1.807, 2.05) is 0 Å². The summed E-state index contributed by atoms with van der Waals surface area (Å²) >= 11 is 0. The Bertz CT molecular complexity index is 301. The number of nitrogens with zero attached hydrogens (tertiary/aromatic N) is 1. The van der Waals surface area contributed by atoms with E-state index in [0.29, 0.717) is 16.9 Å². The normalized spacial score (nSPS) is 26.7. The van der Waals surface area contributed by atoms with Crippen LogP contribution in [0.5, 0.6) is 0 Å². The Morgan fingerprint density at radius 1 is 0.952 bits per heavy atom. The first-order valence-electron chi connectivity index (χ1n) is 9.37. The molecule has 1 aliphatic heterocycles. The van der Waals surface area contributed by atoms with E-state index in [2.05, 4.69) is 37.9 Å². The van der Waals surface area contributed by atoms with Gasteiger partial charge in [-0.15, -0.1) is 0 Å². The van der Waals surface area contributed by atoms with Gasteiger partial charge >= 0.3 is 0 Å². The van der Waals surface area contributed by atoms with Crippen molar-refractivity contribution >= 4 is 0 Å². The van der Waals surface area contributed by atoms with Gasteiger partial charge in [-0.1, -0.05) is 53.4 Å². The van der Waals surface area contributed by atoms with Crippen LogP contribution < -0.4 is 5.32 Å². The molecule has 21 heavy (non-hydrogen) atoms. The van der Waals surface area contributed by atoms with Gasteiger partial charge in [0, 0.05) is 25.7 Å². The van der Waals surface area contributed by atoms with Crippen molar-refractivity contribution < 1.29 is 0 Å². The smallest absolute Gasteiger partial charge is 0.00504 e. The maximum absolute atomic E-state index is 3.77. The predicted octanol–water partition coefficient (Wildman–Crippen LogP) is 4.45. The molecule has 0 aromatic rings. The van der Waals surface area contributed by atoms with E-state index in [1.54, 1.807) is 0 Å². The highest BCUT2D eigenvalue weighted by molar-refractivity contribution is 4.90. The summed E-state index contributed by atoms with van der Waals surface area (Å²) in [6, 6.07) is 0.614. The lowest BCUT2D eigenvalue weighted by molar-refractivity contribution is 0.0591. The number of likely N-dealkylation sites (tertiary alicyclic amines) is 1. The Morgan fingerprint density at radius 2 is 1.62 bits per heavy atom. The fourth-order valence-corrected chi connectivity index (χ4v) is 4.44. The van der Waals surface area contributed by atoms with Crippen LogP contribution in [-0.4, -0.2) is 37.1 Å². The maximum Gasteiger partial charge on any atom is 0.00504 e. The molecule has 1 aliphatic carbocycles. The third kappa shape index (κ3) is 5.56. The van der Waals surface area contributed by atoms with Crippen molar-refractivity contribution in [2.24, 2.45) is 10.8 Å². The van der Waals surface area contributed by atoms with Crippen LogP contribution in [0.3, 0.4) is 0 Å². The van der Waals surface area contributed by atoms with Crippen LogP contribution in [0.15, 0.2) is 0 Å². The topological polar surface area (TPSA) is 15.3 Å². The molecule has 1 saturated heterocycles. The minimum Gasteiger partial charge on any atom is -0.314 e. The SMILES string of the molecule is CC(C)NCC1(CN2CCCC(C)(C)C2)CCCCCC1. The van der Waals surface area contributed by atoms with Gasteiger partial charge in [0.15, 0.2) is 0 Å². The molecular weight excluding hydrogens is 256 g/mol. The number of rotatable bonds is 5. The molecule has 2 nitrogen and oxygen atoms in total. The molecule has 0 aromatic heterocycles. The zero-order valence-electron chi connectivity index (χ0n) is 15.0. The Kier molecular flexibility index (Phi) is 6.14. The Hall–Kier alpha value is -0.0800. The van der Waals surface area contributed by atoms with Crippen LogP contribution in [0.25, 0.3) is 0 Å². The fraction of sp³-hybridized carbons (Fsp3) is 1.00. The van der Waals surface area contributed by atoms with Crippen LogP contribution in [0.2, 0.25) is 0 Å². The van der Waals surface area contributed by atoms with Crippen LogP contribution in [0.4, 0.5) is 0 Å². The monoisotopic (exact) mass is 294 g/mol. The highest BCUT2D eigenvalue weighted by atomic mass is 15.1. The average molecular weight is 295 g/mol. The quantitative estimate of drug-likeness (QED) is 0.754. The van der Waals surface area contributed by atoms with Gasteiger partial charge in [0.2, 0.25) is 0 Å². The fourth-order valence-electron chi connectivity index (χ4n) is 4.44. The van der Waals surface area contributed by atoms with E-state index in [1.165, 1.54) is 77.5 Å². The number of hydrogen-bond acceptors (Lipinski definition) is 2. The van der Waals surface area contributed by atoms with Crippen molar-refractivity contribution in [2.45, 2.75) is 85.1 Å². The zero-order valence-corrected chi connectivity index (χ0v) is 15.0. The summed E-state index contributed by atoms with van der Waals surface area (Å²) in [4.78, 5) is 2.79. The minimum absolute atomic E-state index is 0.523. The second-order valence-corrected chi connectivity index (χ2v) is 8.93. The lowest BCUT2D eigenvalue weighted by Gasteiger charge is -2.44. The lowest BCUT2D eigenvalue weighted by atomic mass is 9.77. The molecule has 2 heteroatoms. The molecule has 2 aliphatic rings. The number of hydrogen-bond donors (Lipinski definition) is 1. The van der Waals surface area contributed by atoms with Gasteiger partial charge in [0.05, 0.1) is 0 Å². The lowest BCUT2D eigenvalue weighted by Crippen LogP contribution is -2.49. The molecular formula is C19H38N2. The molecule has 124 valence electrons.